The van der Waals surface area contributed by atoms with E-state index in [0.29, 0.717) is 11.3 Å². The fraction of sp³-hybridized carbons (Fsp3) is 0.222. The molecule has 0 amide bonds. The minimum absolute atomic E-state index is 0.667. The Morgan fingerprint density at radius 1 is 1.42 bits per heavy atom. The van der Waals surface area contributed by atoms with Crippen molar-refractivity contribution in [2.75, 3.05) is 12.8 Å². The molecule has 1 aromatic carbocycles. The SMILES string of the molecule is CO.Cc1c(N)cccc1C=O. The molecule has 3 nitrogen and oxygen atoms in total. The lowest BCUT2D eigenvalue weighted by atomic mass is 10.1. The number of hydrogen-bond donors (Lipinski definition) is 2. The molecule has 0 radical (unpaired) electrons. The molecule has 0 atom stereocenters. The van der Waals surface area contributed by atoms with Crippen molar-refractivity contribution in [3.63, 3.8) is 0 Å². The quantitative estimate of drug-likeness (QED) is 0.484. The summed E-state index contributed by atoms with van der Waals surface area (Å²) < 4.78 is 0. The van der Waals surface area contributed by atoms with Gasteiger partial charge in [0.1, 0.15) is 6.29 Å². The van der Waals surface area contributed by atoms with Crippen molar-refractivity contribution in [2.45, 2.75) is 6.92 Å². The smallest absolute Gasteiger partial charge is 0.150 e. The Kier molecular flexibility index (Phi) is 4.72. The minimum atomic E-state index is 0.667. The summed E-state index contributed by atoms with van der Waals surface area (Å²) in [6.45, 7) is 1.83. The van der Waals surface area contributed by atoms with Crippen molar-refractivity contribution >= 4 is 12.0 Å². The number of carbonyl (C=O) groups excluding carboxylic acids is 1. The molecule has 1 rings (SSSR count). The van der Waals surface area contributed by atoms with Crippen LogP contribution in [-0.2, 0) is 0 Å². The predicted molar refractivity (Wildman–Crippen MR) is 49.1 cm³/mol. The van der Waals surface area contributed by atoms with Crippen LogP contribution in [0.2, 0.25) is 0 Å². The second-order valence-electron chi connectivity index (χ2n) is 2.18. The van der Waals surface area contributed by atoms with Gasteiger partial charge in [-0.25, -0.2) is 0 Å². The molecular formula is C9H13NO2. The maximum atomic E-state index is 10.3. The number of rotatable bonds is 1. The van der Waals surface area contributed by atoms with Gasteiger partial charge in [-0.1, -0.05) is 12.1 Å². The van der Waals surface area contributed by atoms with E-state index >= 15 is 0 Å². The summed E-state index contributed by atoms with van der Waals surface area (Å²) in [4.78, 5) is 10.3. The molecule has 0 saturated carbocycles. The molecule has 1 aromatic rings. The lowest BCUT2D eigenvalue weighted by molar-refractivity contribution is 0.112. The Morgan fingerprint density at radius 3 is 2.42 bits per heavy atom. The number of hydrogen-bond acceptors (Lipinski definition) is 3. The number of benzene rings is 1. The molecule has 66 valence electrons. The first-order valence-electron chi connectivity index (χ1n) is 3.50. The van der Waals surface area contributed by atoms with Crippen LogP contribution in [0.1, 0.15) is 15.9 Å². The van der Waals surface area contributed by atoms with Crippen molar-refractivity contribution in [2.24, 2.45) is 0 Å². The van der Waals surface area contributed by atoms with Gasteiger partial charge in [-0.05, 0) is 18.6 Å². The number of carbonyl (C=O) groups is 1. The fourth-order valence-corrected chi connectivity index (χ4v) is 0.800. The topological polar surface area (TPSA) is 63.3 Å². The Bertz CT molecular complexity index is 259. The van der Waals surface area contributed by atoms with E-state index in [1.807, 2.05) is 6.92 Å². The van der Waals surface area contributed by atoms with Crippen LogP contribution in [0, 0.1) is 6.92 Å². The largest absolute Gasteiger partial charge is 0.400 e. The summed E-state index contributed by atoms with van der Waals surface area (Å²) in [6, 6.07) is 5.30. The second-order valence-corrected chi connectivity index (χ2v) is 2.18. The molecule has 0 aliphatic heterocycles. The van der Waals surface area contributed by atoms with Crippen molar-refractivity contribution < 1.29 is 9.90 Å². The highest BCUT2D eigenvalue weighted by atomic mass is 16.2. The van der Waals surface area contributed by atoms with E-state index in [4.69, 9.17) is 10.8 Å². The molecule has 0 aromatic heterocycles. The van der Waals surface area contributed by atoms with Crippen LogP contribution in [0.5, 0.6) is 0 Å². The van der Waals surface area contributed by atoms with Crippen molar-refractivity contribution in [1.29, 1.82) is 0 Å². The van der Waals surface area contributed by atoms with Crippen LogP contribution >= 0.6 is 0 Å². The first-order valence-corrected chi connectivity index (χ1v) is 3.50. The summed E-state index contributed by atoms with van der Waals surface area (Å²) in [5.41, 5.74) is 7.73. The van der Waals surface area contributed by atoms with Gasteiger partial charge in [0, 0.05) is 18.4 Å². The normalized spacial score (nSPS) is 8.25. The van der Waals surface area contributed by atoms with Gasteiger partial charge < -0.3 is 10.8 Å². The molecule has 3 heteroatoms. The highest BCUT2D eigenvalue weighted by molar-refractivity contribution is 5.79. The molecule has 12 heavy (non-hydrogen) atoms. The lowest BCUT2D eigenvalue weighted by Gasteiger charge is -1.99. The van der Waals surface area contributed by atoms with Gasteiger partial charge in [-0.2, -0.15) is 0 Å². The molecule has 0 saturated heterocycles. The number of nitrogens with two attached hydrogens (primary N) is 1. The zero-order chi connectivity index (χ0) is 9.56. The van der Waals surface area contributed by atoms with E-state index < -0.39 is 0 Å². The number of aldehydes is 1. The summed E-state index contributed by atoms with van der Waals surface area (Å²) in [5, 5.41) is 7.00. The van der Waals surface area contributed by atoms with E-state index in [1.165, 1.54) is 0 Å². The molecule has 0 aliphatic rings. The summed E-state index contributed by atoms with van der Waals surface area (Å²) in [7, 11) is 1.00. The first-order chi connectivity index (χ1) is 5.75. The van der Waals surface area contributed by atoms with Crippen molar-refractivity contribution in [1.82, 2.24) is 0 Å². The number of aliphatic hydroxyl groups is 1. The van der Waals surface area contributed by atoms with E-state index in [-0.39, 0.29) is 0 Å². The predicted octanol–water partition coefficient (Wildman–Crippen LogP) is 0.998. The average molecular weight is 167 g/mol. The summed E-state index contributed by atoms with van der Waals surface area (Å²) in [5.74, 6) is 0. The fourth-order valence-electron chi connectivity index (χ4n) is 0.800. The number of aliphatic hydroxyl groups excluding tert-OH is 1. The molecule has 3 N–H and O–H groups in total. The number of nitrogen functional groups attached to an aromatic ring is 1. The Labute approximate surface area is 71.8 Å². The van der Waals surface area contributed by atoms with E-state index in [1.54, 1.807) is 18.2 Å². The zero-order valence-corrected chi connectivity index (χ0v) is 7.24. The maximum absolute atomic E-state index is 10.3. The van der Waals surface area contributed by atoms with E-state index in [2.05, 4.69) is 0 Å². The van der Waals surface area contributed by atoms with Crippen LogP contribution in [0.3, 0.4) is 0 Å². The highest BCUT2D eigenvalue weighted by Gasteiger charge is 1.97. The molecule has 0 heterocycles. The lowest BCUT2D eigenvalue weighted by Crippen LogP contribution is -1.93. The van der Waals surface area contributed by atoms with Gasteiger partial charge in [-0.15, -0.1) is 0 Å². The van der Waals surface area contributed by atoms with Gasteiger partial charge in [0.05, 0.1) is 0 Å². The summed E-state index contributed by atoms with van der Waals surface area (Å²) >= 11 is 0. The molecular weight excluding hydrogens is 154 g/mol. The molecule has 0 unspecified atom stereocenters. The van der Waals surface area contributed by atoms with Crippen LogP contribution in [-0.4, -0.2) is 18.5 Å². The van der Waals surface area contributed by atoms with Crippen molar-refractivity contribution in [3.05, 3.63) is 29.3 Å². The maximum Gasteiger partial charge on any atom is 0.150 e. The van der Waals surface area contributed by atoms with Gasteiger partial charge in [-0.3, -0.25) is 4.79 Å². The Balaban J connectivity index is 0.000000561. The third-order valence-corrected chi connectivity index (χ3v) is 1.54. The third kappa shape index (κ3) is 2.36. The monoisotopic (exact) mass is 167 g/mol. The molecule has 0 bridgehead atoms. The van der Waals surface area contributed by atoms with E-state index in [0.717, 1.165) is 19.0 Å². The van der Waals surface area contributed by atoms with E-state index in [9.17, 15) is 4.79 Å². The zero-order valence-electron chi connectivity index (χ0n) is 7.24. The standard InChI is InChI=1S/C8H9NO.CH4O/c1-6-7(5-10)3-2-4-8(6)9;1-2/h2-5H,9H2,1H3;2H,1H3. The minimum Gasteiger partial charge on any atom is -0.400 e. The Morgan fingerprint density at radius 2 is 2.00 bits per heavy atom. The average Bonchev–Trinajstić information content (AvgIpc) is 2.13. The van der Waals surface area contributed by atoms with Gasteiger partial charge >= 0.3 is 0 Å². The second kappa shape index (κ2) is 5.32. The highest BCUT2D eigenvalue weighted by Crippen LogP contribution is 2.12. The summed E-state index contributed by atoms with van der Waals surface area (Å²) in [6.07, 6.45) is 0.811. The number of anilines is 1. The van der Waals surface area contributed by atoms with Crippen LogP contribution in [0.4, 0.5) is 5.69 Å². The Hall–Kier alpha value is -1.35. The van der Waals surface area contributed by atoms with Crippen molar-refractivity contribution in [3.8, 4) is 0 Å². The molecule has 0 spiro atoms. The van der Waals surface area contributed by atoms with Crippen LogP contribution in [0.25, 0.3) is 0 Å². The van der Waals surface area contributed by atoms with Gasteiger partial charge in [0.15, 0.2) is 0 Å². The van der Waals surface area contributed by atoms with Crippen LogP contribution < -0.4 is 5.73 Å². The molecule has 0 aliphatic carbocycles. The van der Waals surface area contributed by atoms with Crippen LogP contribution in [0.15, 0.2) is 18.2 Å². The first kappa shape index (κ1) is 10.7. The van der Waals surface area contributed by atoms with Gasteiger partial charge in [0.25, 0.3) is 0 Å². The van der Waals surface area contributed by atoms with Gasteiger partial charge in [0.2, 0.25) is 0 Å². The third-order valence-electron chi connectivity index (χ3n) is 1.54. The molecule has 0 fully saturated rings.